The van der Waals surface area contributed by atoms with Crippen molar-refractivity contribution in [3.8, 4) is 11.5 Å². The van der Waals surface area contributed by atoms with Crippen molar-refractivity contribution in [1.82, 2.24) is 10.2 Å². The Kier molecular flexibility index (Phi) is 6.48. The number of benzene rings is 3. The van der Waals surface area contributed by atoms with Gasteiger partial charge < -0.3 is 19.5 Å². The van der Waals surface area contributed by atoms with Gasteiger partial charge in [-0.2, -0.15) is 0 Å². The summed E-state index contributed by atoms with van der Waals surface area (Å²) in [5.41, 5.74) is 0.736. The van der Waals surface area contributed by atoms with Crippen molar-refractivity contribution in [2.75, 3.05) is 13.7 Å². The van der Waals surface area contributed by atoms with Crippen molar-refractivity contribution in [3.63, 3.8) is 0 Å². The Morgan fingerprint density at radius 3 is 2.61 bits per heavy atom. The molecule has 1 saturated heterocycles. The molecule has 1 heterocycles. The third-order valence-electron chi connectivity index (χ3n) is 7.24. The third kappa shape index (κ3) is 4.57. The molecular weight excluding hydrogens is 456 g/mol. The Morgan fingerprint density at radius 2 is 1.83 bits per heavy atom. The molecule has 2 aliphatic rings. The molecule has 36 heavy (non-hydrogen) atoms. The highest BCUT2D eigenvalue weighted by atomic mass is 16.6. The summed E-state index contributed by atoms with van der Waals surface area (Å²) in [6, 6.07) is 18.8. The van der Waals surface area contributed by atoms with Crippen LogP contribution in [-0.2, 0) is 10.3 Å². The molecule has 7 nitrogen and oxygen atoms in total. The van der Waals surface area contributed by atoms with Crippen molar-refractivity contribution in [2.45, 2.75) is 57.3 Å². The lowest BCUT2D eigenvalue weighted by Crippen LogP contribution is -2.42. The van der Waals surface area contributed by atoms with Gasteiger partial charge in [0.25, 0.3) is 0 Å². The summed E-state index contributed by atoms with van der Waals surface area (Å²) >= 11 is 0. The molecular formula is C29H32N2O5. The number of hydrogen-bond acceptors (Lipinski definition) is 5. The van der Waals surface area contributed by atoms with Gasteiger partial charge in [-0.3, -0.25) is 0 Å². The lowest BCUT2D eigenvalue weighted by molar-refractivity contribution is 0.0697. The van der Waals surface area contributed by atoms with E-state index in [1.807, 2.05) is 74.5 Å². The molecule has 2 fully saturated rings. The van der Waals surface area contributed by atoms with Crippen LogP contribution in [0.15, 0.2) is 60.7 Å². The fourth-order valence-corrected chi connectivity index (χ4v) is 5.20. The van der Waals surface area contributed by atoms with Crippen LogP contribution in [0, 0.1) is 0 Å². The topological polar surface area (TPSA) is 77.1 Å². The highest BCUT2D eigenvalue weighted by Gasteiger charge is 2.46. The smallest absolute Gasteiger partial charge is 0.419 e. The van der Waals surface area contributed by atoms with E-state index in [2.05, 4.69) is 5.32 Å². The van der Waals surface area contributed by atoms with E-state index in [4.69, 9.17) is 14.2 Å². The standard InChI is InChI=1S/C29H32N2O5/c1-19(23-14-8-10-20-9-4-7-13-24(20)23)30-27(32)31-18-29(2,36-28(31)33)21-15-16-25(34-3)26(17-21)35-22-11-5-6-12-22/h4,7-10,13-17,19,22H,5-6,11-12,18H2,1-3H3,(H,30,32)/t19-,29+/m1/s1. The molecule has 1 aliphatic heterocycles. The van der Waals surface area contributed by atoms with E-state index in [1.165, 1.54) is 0 Å². The first-order chi connectivity index (χ1) is 17.4. The molecule has 188 valence electrons. The van der Waals surface area contributed by atoms with E-state index in [9.17, 15) is 9.59 Å². The minimum Gasteiger partial charge on any atom is -0.493 e. The zero-order chi connectivity index (χ0) is 25.3. The number of methoxy groups -OCH3 is 1. The van der Waals surface area contributed by atoms with Gasteiger partial charge in [0, 0.05) is 5.56 Å². The van der Waals surface area contributed by atoms with E-state index in [0.29, 0.717) is 11.5 Å². The van der Waals surface area contributed by atoms with Gasteiger partial charge >= 0.3 is 12.1 Å². The highest BCUT2D eigenvalue weighted by Crippen LogP contribution is 2.39. The number of nitrogens with one attached hydrogen (secondary N) is 1. The Bertz CT molecular complexity index is 1280. The minimum absolute atomic E-state index is 0.0924. The Hall–Kier alpha value is -3.74. The van der Waals surface area contributed by atoms with Crippen molar-refractivity contribution in [2.24, 2.45) is 0 Å². The predicted molar refractivity (Wildman–Crippen MR) is 137 cm³/mol. The van der Waals surface area contributed by atoms with E-state index < -0.39 is 17.7 Å². The van der Waals surface area contributed by atoms with E-state index in [1.54, 1.807) is 7.11 Å². The fourth-order valence-electron chi connectivity index (χ4n) is 5.20. The molecule has 0 unspecified atom stereocenters. The Labute approximate surface area is 211 Å². The van der Waals surface area contributed by atoms with Gasteiger partial charge in [0.15, 0.2) is 17.1 Å². The number of cyclic esters (lactones) is 1. The summed E-state index contributed by atoms with van der Waals surface area (Å²) in [5.74, 6) is 1.27. The van der Waals surface area contributed by atoms with Crippen molar-refractivity contribution in [3.05, 3.63) is 71.8 Å². The summed E-state index contributed by atoms with van der Waals surface area (Å²) in [5, 5.41) is 5.13. The maximum absolute atomic E-state index is 13.2. The normalized spacial score (nSPS) is 20.9. The van der Waals surface area contributed by atoms with E-state index in [0.717, 1.165) is 52.5 Å². The van der Waals surface area contributed by atoms with Gasteiger partial charge in [0.2, 0.25) is 0 Å². The van der Waals surface area contributed by atoms with Gasteiger partial charge in [0.1, 0.15) is 0 Å². The third-order valence-corrected chi connectivity index (χ3v) is 7.24. The van der Waals surface area contributed by atoms with Gasteiger partial charge in [0.05, 0.1) is 25.8 Å². The number of hydrogen-bond donors (Lipinski definition) is 1. The van der Waals surface area contributed by atoms with Gasteiger partial charge in [-0.1, -0.05) is 48.5 Å². The second-order valence-electron chi connectivity index (χ2n) is 9.81. The van der Waals surface area contributed by atoms with Crippen LogP contribution < -0.4 is 14.8 Å². The maximum Gasteiger partial charge on any atom is 0.419 e. The van der Waals surface area contributed by atoms with Crippen LogP contribution in [0.25, 0.3) is 10.8 Å². The Morgan fingerprint density at radius 1 is 1.08 bits per heavy atom. The molecule has 2 atom stereocenters. The molecule has 3 aromatic carbocycles. The van der Waals surface area contributed by atoms with Crippen LogP contribution >= 0.6 is 0 Å². The SMILES string of the molecule is COc1ccc([C@]2(C)CN(C(=O)N[C@H](C)c3cccc4ccccc34)C(=O)O2)cc1OC1CCCC1. The van der Waals surface area contributed by atoms with Crippen molar-refractivity contribution >= 4 is 22.9 Å². The predicted octanol–water partition coefficient (Wildman–Crippen LogP) is 6.31. The van der Waals surface area contributed by atoms with Crippen LogP contribution in [0.3, 0.4) is 0 Å². The molecule has 3 aromatic rings. The average molecular weight is 489 g/mol. The van der Waals surface area contributed by atoms with Crippen LogP contribution in [0.1, 0.15) is 56.7 Å². The molecule has 7 heteroatoms. The monoisotopic (exact) mass is 488 g/mol. The molecule has 0 bridgehead atoms. The van der Waals surface area contributed by atoms with Crippen LogP contribution in [0.2, 0.25) is 0 Å². The first-order valence-corrected chi connectivity index (χ1v) is 12.5. The summed E-state index contributed by atoms with van der Waals surface area (Å²) in [4.78, 5) is 27.1. The quantitative estimate of drug-likeness (QED) is 0.440. The lowest BCUT2D eigenvalue weighted by atomic mass is 9.95. The largest absolute Gasteiger partial charge is 0.493 e. The molecule has 1 saturated carbocycles. The number of nitrogens with zero attached hydrogens (tertiary/aromatic N) is 1. The summed E-state index contributed by atoms with van der Waals surface area (Å²) in [7, 11) is 1.61. The number of carbonyl (C=O) groups excluding carboxylic acids is 2. The molecule has 1 aliphatic carbocycles. The fraction of sp³-hybridized carbons (Fsp3) is 0.379. The second-order valence-corrected chi connectivity index (χ2v) is 9.81. The molecule has 0 spiro atoms. The van der Waals surface area contributed by atoms with Gasteiger partial charge in [-0.15, -0.1) is 0 Å². The van der Waals surface area contributed by atoms with Crippen LogP contribution in [-0.4, -0.2) is 36.8 Å². The number of imide groups is 1. The van der Waals surface area contributed by atoms with Crippen molar-refractivity contribution in [1.29, 1.82) is 0 Å². The second kappa shape index (κ2) is 9.72. The van der Waals surface area contributed by atoms with E-state index >= 15 is 0 Å². The number of rotatable bonds is 6. The average Bonchev–Trinajstić information content (AvgIpc) is 3.51. The first kappa shape index (κ1) is 24.0. The minimum atomic E-state index is -1.00. The summed E-state index contributed by atoms with van der Waals surface area (Å²) < 4.78 is 17.5. The molecule has 0 radical (unpaired) electrons. The van der Waals surface area contributed by atoms with Gasteiger partial charge in [-0.25, -0.2) is 14.5 Å². The number of amides is 3. The highest BCUT2D eigenvalue weighted by molar-refractivity contribution is 5.93. The zero-order valence-electron chi connectivity index (χ0n) is 21.0. The van der Waals surface area contributed by atoms with Crippen LogP contribution in [0.4, 0.5) is 9.59 Å². The van der Waals surface area contributed by atoms with Crippen LogP contribution in [0.5, 0.6) is 11.5 Å². The molecule has 5 rings (SSSR count). The van der Waals surface area contributed by atoms with E-state index in [-0.39, 0.29) is 18.7 Å². The number of carbonyl (C=O) groups is 2. The lowest BCUT2D eigenvalue weighted by Gasteiger charge is -2.24. The Balaban J connectivity index is 1.33. The maximum atomic E-state index is 13.2. The molecule has 3 amide bonds. The summed E-state index contributed by atoms with van der Waals surface area (Å²) in [6.45, 7) is 3.82. The number of urea groups is 1. The zero-order valence-corrected chi connectivity index (χ0v) is 21.0. The van der Waals surface area contributed by atoms with Crippen molar-refractivity contribution < 1.29 is 23.8 Å². The summed E-state index contributed by atoms with van der Waals surface area (Å²) in [6.07, 6.45) is 3.83. The van der Waals surface area contributed by atoms with Gasteiger partial charge in [-0.05, 0) is 68.0 Å². The first-order valence-electron chi connectivity index (χ1n) is 12.5. The molecule has 0 aromatic heterocycles. The number of fused-ring (bicyclic) bond motifs is 1. The number of ether oxygens (including phenoxy) is 3. The molecule has 1 N–H and O–H groups in total.